The lowest BCUT2D eigenvalue weighted by atomic mass is 9.88. The van der Waals surface area contributed by atoms with Crippen molar-refractivity contribution in [3.05, 3.63) is 76.4 Å². The predicted octanol–water partition coefficient (Wildman–Crippen LogP) is 5.30. The number of hydrogen-bond acceptors (Lipinski definition) is 0. The van der Waals surface area contributed by atoms with Crippen molar-refractivity contribution in [2.24, 2.45) is 0 Å². The molecule has 1 unspecified atom stereocenters. The molecule has 0 amide bonds. The maximum absolute atomic E-state index is 2.68. The van der Waals surface area contributed by atoms with E-state index in [0.717, 1.165) is 12.8 Å². The van der Waals surface area contributed by atoms with E-state index in [2.05, 4.69) is 76.3 Å². The summed E-state index contributed by atoms with van der Waals surface area (Å²) in [7, 11) is -0.470. The van der Waals surface area contributed by atoms with Gasteiger partial charge in [-0.2, -0.15) is 0 Å². The molecule has 0 heterocycles. The molecule has 0 saturated heterocycles. The van der Waals surface area contributed by atoms with Gasteiger partial charge in [0.25, 0.3) is 0 Å². The molecule has 2 aliphatic carbocycles. The van der Waals surface area contributed by atoms with Gasteiger partial charge in [0.05, 0.1) is 9.52 Å². The van der Waals surface area contributed by atoms with Crippen LogP contribution in [0.4, 0.5) is 0 Å². The monoisotopic (exact) mass is 334 g/mol. The van der Waals surface area contributed by atoms with Gasteiger partial charge in [-0.25, -0.2) is 0 Å². The van der Waals surface area contributed by atoms with Crippen LogP contribution in [0.5, 0.6) is 0 Å². The van der Waals surface area contributed by atoms with Crippen LogP contribution in [-0.2, 0) is 0 Å². The highest BCUT2D eigenvalue weighted by atomic mass is 28.2. The number of aryl methyl sites for hydroxylation is 1. The Morgan fingerprint density at radius 2 is 1.75 bits per heavy atom. The molecule has 1 heteroatoms. The molecule has 0 radical (unpaired) electrons. The Bertz CT molecular complexity index is 728. The van der Waals surface area contributed by atoms with Gasteiger partial charge >= 0.3 is 0 Å². The minimum Gasteiger partial charge on any atom is -0.0804 e. The van der Waals surface area contributed by atoms with Crippen molar-refractivity contribution >= 4 is 14.7 Å². The molecule has 0 spiro atoms. The zero-order chi connectivity index (χ0) is 17.2. The number of benzene rings is 1. The van der Waals surface area contributed by atoms with E-state index in [1.807, 2.05) is 0 Å². The first kappa shape index (κ1) is 17.2. The lowest BCUT2D eigenvalue weighted by Crippen LogP contribution is -2.31. The van der Waals surface area contributed by atoms with Crippen molar-refractivity contribution in [1.82, 2.24) is 0 Å². The summed E-state index contributed by atoms with van der Waals surface area (Å²) in [6.45, 7) is 9.19. The maximum Gasteiger partial charge on any atom is 0.0757 e. The second-order valence-corrected chi connectivity index (χ2v) is 9.43. The average Bonchev–Trinajstić information content (AvgIpc) is 3.23. The second kappa shape index (κ2) is 7.10. The molecule has 0 aliphatic heterocycles. The summed E-state index contributed by atoms with van der Waals surface area (Å²) in [5.74, 6) is 0. The maximum atomic E-state index is 2.68. The molecule has 3 rings (SSSR count). The fourth-order valence-corrected chi connectivity index (χ4v) is 7.21. The SMILES string of the molecule is CCC1=CC([SiH2]c2ccc(C)cc2)(C2=CC=CC2)C(CC)=C1CC. The van der Waals surface area contributed by atoms with Gasteiger partial charge in [-0.05, 0) is 43.8 Å². The zero-order valence-electron chi connectivity index (χ0n) is 15.7. The van der Waals surface area contributed by atoms with Crippen LogP contribution in [0.15, 0.2) is 70.9 Å². The second-order valence-electron chi connectivity index (χ2n) is 7.15. The van der Waals surface area contributed by atoms with Crippen LogP contribution in [0.25, 0.3) is 0 Å². The van der Waals surface area contributed by atoms with E-state index in [9.17, 15) is 0 Å². The van der Waals surface area contributed by atoms with Crippen molar-refractivity contribution in [1.29, 1.82) is 0 Å². The number of hydrogen-bond donors (Lipinski definition) is 0. The molecule has 1 aromatic carbocycles. The molecule has 1 aromatic rings. The van der Waals surface area contributed by atoms with Gasteiger partial charge in [-0.15, -0.1) is 0 Å². The molecule has 0 bridgehead atoms. The van der Waals surface area contributed by atoms with Gasteiger partial charge in [0.2, 0.25) is 0 Å². The molecule has 0 aromatic heterocycles. The van der Waals surface area contributed by atoms with Gasteiger partial charge in [0.15, 0.2) is 0 Å². The van der Waals surface area contributed by atoms with Crippen molar-refractivity contribution in [2.45, 2.75) is 58.4 Å². The van der Waals surface area contributed by atoms with Crippen LogP contribution in [0.1, 0.15) is 52.0 Å². The Morgan fingerprint density at radius 1 is 1.00 bits per heavy atom. The van der Waals surface area contributed by atoms with Gasteiger partial charge in [0.1, 0.15) is 0 Å². The van der Waals surface area contributed by atoms with Crippen molar-refractivity contribution in [3.8, 4) is 0 Å². The lowest BCUT2D eigenvalue weighted by molar-refractivity contribution is 0.834. The third-order valence-corrected chi connectivity index (χ3v) is 8.27. The van der Waals surface area contributed by atoms with Crippen LogP contribution in [0.3, 0.4) is 0 Å². The molecular weight excluding hydrogens is 304 g/mol. The number of allylic oxidation sites excluding steroid dienone is 8. The first-order valence-corrected chi connectivity index (χ1v) is 10.9. The van der Waals surface area contributed by atoms with E-state index in [1.54, 1.807) is 27.5 Å². The van der Waals surface area contributed by atoms with E-state index in [0.29, 0.717) is 0 Å². The van der Waals surface area contributed by atoms with Gasteiger partial charge in [0, 0.05) is 5.04 Å². The standard InChI is InChI=1S/C23H30Si/c1-5-18-16-23(19-10-8-9-11-19,22(7-3)21(18)6-2)24-20-14-12-17(4)13-15-20/h8-10,12-16H,5-7,11,24H2,1-4H3. The molecule has 0 saturated carbocycles. The minimum atomic E-state index is -0.470. The summed E-state index contributed by atoms with van der Waals surface area (Å²) in [5.41, 5.74) is 8.00. The summed E-state index contributed by atoms with van der Waals surface area (Å²) in [5, 5.41) is 1.83. The van der Waals surface area contributed by atoms with Gasteiger partial charge in [-0.3, -0.25) is 0 Å². The number of rotatable bonds is 6. The molecule has 0 N–H and O–H groups in total. The molecule has 0 fully saturated rings. The highest BCUT2D eigenvalue weighted by Gasteiger charge is 2.41. The summed E-state index contributed by atoms with van der Waals surface area (Å²) in [4.78, 5) is 0. The summed E-state index contributed by atoms with van der Waals surface area (Å²) in [6.07, 6.45) is 14.3. The summed E-state index contributed by atoms with van der Waals surface area (Å²) < 4.78 is 0. The Morgan fingerprint density at radius 3 is 2.29 bits per heavy atom. The van der Waals surface area contributed by atoms with Gasteiger partial charge < -0.3 is 0 Å². The van der Waals surface area contributed by atoms with E-state index >= 15 is 0 Å². The lowest BCUT2D eigenvalue weighted by Gasteiger charge is -2.33. The Hall–Kier alpha value is -1.60. The van der Waals surface area contributed by atoms with Crippen LogP contribution in [0, 0.1) is 6.92 Å². The average molecular weight is 335 g/mol. The van der Waals surface area contributed by atoms with Crippen molar-refractivity contribution in [3.63, 3.8) is 0 Å². The van der Waals surface area contributed by atoms with Crippen LogP contribution >= 0.6 is 0 Å². The molecule has 0 nitrogen and oxygen atoms in total. The fraction of sp³-hybridized carbons (Fsp3) is 0.391. The Labute approximate surface area is 149 Å². The third-order valence-electron chi connectivity index (χ3n) is 5.75. The predicted molar refractivity (Wildman–Crippen MR) is 110 cm³/mol. The van der Waals surface area contributed by atoms with Gasteiger partial charge in [-0.1, -0.05) is 91.2 Å². The molecule has 24 heavy (non-hydrogen) atoms. The van der Waals surface area contributed by atoms with Crippen molar-refractivity contribution < 1.29 is 0 Å². The Kier molecular flexibility index (Phi) is 5.10. The normalized spacial score (nSPS) is 23.5. The van der Waals surface area contributed by atoms with Crippen LogP contribution in [-0.4, -0.2) is 9.52 Å². The summed E-state index contributed by atoms with van der Waals surface area (Å²) in [6, 6.07) is 9.32. The smallest absolute Gasteiger partial charge is 0.0757 e. The van der Waals surface area contributed by atoms with E-state index in [1.165, 1.54) is 18.4 Å². The zero-order valence-corrected chi connectivity index (χ0v) is 17.1. The first-order valence-electron chi connectivity index (χ1n) is 9.50. The fourth-order valence-electron chi connectivity index (χ4n) is 4.58. The van der Waals surface area contributed by atoms with E-state index < -0.39 is 9.52 Å². The molecule has 2 aliphatic rings. The van der Waals surface area contributed by atoms with Crippen molar-refractivity contribution in [2.75, 3.05) is 0 Å². The van der Waals surface area contributed by atoms with E-state index in [-0.39, 0.29) is 5.04 Å². The third kappa shape index (κ3) is 2.91. The molecular formula is C23H30Si. The first-order chi connectivity index (χ1) is 11.6. The minimum absolute atomic E-state index is 0.240. The van der Waals surface area contributed by atoms with Crippen LogP contribution < -0.4 is 5.19 Å². The summed E-state index contributed by atoms with van der Waals surface area (Å²) >= 11 is 0. The van der Waals surface area contributed by atoms with Crippen LogP contribution in [0.2, 0.25) is 5.04 Å². The largest absolute Gasteiger partial charge is 0.0804 e. The topological polar surface area (TPSA) is 0 Å². The Balaban J connectivity index is 2.11. The quantitative estimate of drug-likeness (QED) is 0.619. The highest BCUT2D eigenvalue weighted by molar-refractivity contribution is 6.59. The molecule has 1 atom stereocenters. The molecule has 126 valence electrons. The highest BCUT2D eigenvalue weighted by Crippen LogP contribution is 2.56. The van der Waals surface area contributed by atoms with E-state index in [4.69, 9.17) is 0 Å².